The molecule has 5 heteroatoms. The second-order valence-corrected chi connectivity index (χ2v) is 6.14. The van der Waals surface area contributed by atoms with Crippen LogP contribution in [-0.4, -0.2) is 35.8 Å². The van der Waals surface area contributed by atoms with Gasteiger partial charge in [0.1, 0.15) is 6.04 Å². The van der Waals surface area contributed by atoms with Gasteiger partial charge in [-0.2, -0.15) is 0 Å². The van der Waals surface area contributed by atoms with E-state index in [-0.39, 0.29) is 17.9 Å². The van der Waals surface area contributed by atoms with Crippen LogP contribution in [0.1, 0.15) is 25.7 Å². The van der Waals surface area contributed by atoms with Gasteiger partial charge in [0.05, 0.1) is 5.69 Å². The Morgan fingerprint density at radius 1 is 1.10 bits per heavy atom. The highest BCUT2D eigenvalue weighted by Crippen LogP contribution is 2.30. The molecule has 106 valence electrons. The third-order valence-electron chi connectivity index (χ3n) is 4.07. The molecule has 0 aromatic heterocycles. The van der Waals surface area contributed by atoms with Crippen molar-refractivity contribution < 1.29 is 9.59 Å². The highest BCUT2D eigenvalue weighted by atomic mass is 79.9. The van der Waals surface area contributed by atoms with Crippen LogP contribution in [0.15, 0.2) is 28.7 Å². The number of piperidine rings is 1. The van der Waals surface area contributed by atoms with E-state index >= 15 is 0 Å². The quantitative estimate of drug-likeness (QED) is 0.790. The Bertz CT molecular complexity index is 546. The van der Waals surface area contributed by atoms with Crippen molar-refractivity contribution in [3.8, 4) is 0 Å². The van der Waals surface area contributed by atoms with Gasteiger partial charge in [-0.3, -0.25) is 9.59 Å². The number of anilines is 1. The number of para-hydroxylation sites is 1. The van der Waals surface area contributed by atoms with Crippen molar-refractivity contribution in [1.82, 2.24) is 4.90 Å². The maximum absolute atomic E-state index is 12.8. The lowest BCUT2D eigenvalue weighted by molar-refractivity contribution is -0.138. The molecule has 3 rings (SSSR count). The van der Waals surface area contributed by atoms with E-state index in [1.165, 1.54) is 0 Å². The van der Waals surface area contributed by atoms with Crippen molar-refractivity contribution in [3.05, 3.63) is 28.7 Å². The highest BCUT2D eigenvalue weighted by Gasteiger charge is 2.38. The average molecular weight is 337 g/mol. The molecule has 0 bridgehead atoms. The van der Waals surface area contributed by atoms with Gasteiger partial charge in [-0.25, -0.2) is 0 Å². The zero-order chi connectivity index (χ0) is 14.1. The molecule has 0 saturated carbocycles. The van der Waals surface area contributed by atoms with Crippen LogP contribution in [-0.2, 0) is 9.59 Å². The number of hydrogen-bond donors (Lipinski definition) is 0. The fourth-order valence-corrected chi connectivity index (χ4v) is 3.54. The van der Waals surface area contributed by atoms with Crippen LogP contribution in [0.3, 0.4) is 0 Å². The lowest BCUT2D eigenvalue weighted by Crippen LogP contribution is -2.49. The van der Waals surface area contributed by atoms with Crippen LogP contribution < -0.4 is 4.90 Å². The van der Waals surface area contributed by atoms with Gasteiger partial charge in [-0.05, 0) is 47.3 Å². The zero-order valence-corrected chi connectivity index (χ0v) is 12.8. The highest BCUT2D eigenvalue weighted by molar-refractivity contribution is 9.10. The van der Waals surface area contributed by atoms with Crippen molar-refractivity contribution in [2.75, 3.05) is 18.0 Å². The number of nitrogens with zero attached hydrogens (tertiary/aromatic N) is 2. The summed E-state index contributed by atoms with van der Waals surface area (Å²) in [6.07, 6.45) is 3.21. The summed E-state index contributed by atoms with van der Waals surface area (Å²) in [4.78, 5) is 28.5. The van der Waals surface area contributed by atoms with Crippen molar-refractivity contribution >= 4 is 33.4 Å². The number of hydrogen-bond acceptors (Lipinski definition) is 2. The molecule has 2 heterocycles. The van der Waals surface area contributed by atoms with E-state index < -0.39 is 0 Å². The Balaban J connectivity index is 1.95. The first-order valence-electron chi connectivity index (χ1n) is 7.04. The van der Waals surface area contributed by atoms with E-state index in [4.69, 9.17) is 0 Å². The molecule has 4 nitrogen and oxygen atoms in total. The Kier molecular flexibility index (Phi) is 3.78. The molecule has 2 aliphatic rings. The maximum atomic E-state index is 12.8. The van der Waals surface area contributed by atoms with E-state index in [1.807, 2.05) is 24.3 Å². The van der Waals surface area contributed by atoms with Gasteiger partial charge in [-0.1, -0.05) is 12.1 Å². The van der Waals surface area contributed by atoms with Gasteiger partial charge < -0.3 is 9.80 Å². The second kappa shape index (κ2) is 5.56. The van der Waals surface area contributed by atoms with E-state index in [0.29, 0.717) is 13.0 Å². The van der Waals surface area contributed by atoms with Crippen LogP contribution in [0.25, 0.3) is 0 Å². The molecule has 0 N–H and O–H groups in total. The van der Waals surface area contributed by atoms with Crippen LogP contribution in [0, 0.1) is 0 Å². The van der Waals surface area contributed by atoms with Gasteiger partial charge in [0.2, 0.25) is 11.8 Å². The number of carbonyl (C=O) groups excluding carboxylic acids is 2. The number of rotatable bonds is 1. The summed E-state index contributed by atoms with van der Waals surface area (Å²) in [6, 6.07) is 7.41. The van der Waals surface area contributed by atoms with E-state index in [1.54, 1.807) is 9.80 Å². The van der Waals surface area contributed by atoms with Crippen LogP contribution in [0.2, 0.25) is 0 Å². The summed E-state index contributed by atoms with van der Waals surface area (Å²) in [5.41, 5.74) is 0.859. The number of fused-ring (bicyclic) bond motifs is 1. The van der Waals surface area contributed by atoms with Crippen molar-refractivity contribution in [2.45, 2.75) is 31.7 Å². The summed E-state index contributed by atoms with van der Waals surface area (Å²) in [5.74, 6) is 0.167. The summed E-state index contributed by atoms with van der Waals surface area (Å²) in [5, 5.41) is 0. The van der Waals surface area contributed by atoms with Gasteiger partial charge >= 0.3 is 0 Å². The molecule has 2 aliphatic heterocycles. The van der Waals surface area contributed by atoms with E-state index in [0.717, 1.165) is 36.0 Å². The predicted octanol–water partition coefficient (Wildman–Crippen LogP) is 2.57. The Hall–Kier alpha value is -1.36. The summed E-state index contributed by atoms with van der Waals surface area (Å²) >= 11 is 3.50. The van der Waals surface area contributed by atoms with Crippen LogP contribution in [0.5, 0.6) is 0 Å². The lowest BCUT2D eigenvalue weighted by Gasteiger charge is -2.34. The molecule has 20 heavy (non-hydrogen) atoms. The summed E-state index contributed by atoms with van der Waals surface area (Å²) in [6.45, 7) is 1.19. The zero-order valence-electron chi connectivity index (χ0n) is 11.2. The first kappa shape index (κ1) is 13.6. The molecule has 2 fully saturated rings. The standard InChI is InChI=1S/C15H17BrN2O2/c16-11-5-1-2-6-12(11)18-10-8-14(19)17-9-4-3-7-13(17)15(18)20/h1-2,5-6,13H,3-4,7-10H2. The fraction of sp³-hybridized carbons (Fsp3) is 0.467. The Morgan fingerprint density at radius 2 is 1.90 bits per heavy atom. The molecule has 0 radical (unpaired) electrons. The Morgan fingerprint density at radius 3 is 2.70 bits per heavy atom. The molecule has 1 aromatic carbocycles. The first-order chi connectivity index (χ1) is 9.68. The van der Waals surface area contributed by atoms with Crippen molar-refractivity contribution in [2.24, 2.45) is 0 Å². The minimum absolute atomic E-state index is 0.0578. The number of carbonyl (C=O) groups is 2. The largest absolute Gasteiger partial charge is 0.331 e. The minimum Gasteiger partial charge on any atom is -0.331 e. The fourth-order valence-electron chi connectivity index (χ4n) is 3.04. The summed E-state index contributed by atoms with van der Waals surface area (Å²) in [7, 11) is 0. The molecular formula is C15H17BrN2O2. The number of benzene rings is 1. The SMILES string of the molecule is O=C1C2CCCCN2C(=O)CCN1c1ccccc1Br. The third kappa shape index (κ3) is 2.35. The van der Waals surface area contributed by atoms with Gasteiger partial charge in [0.25, 0.3) is 0 Å². The van der Waals surface area contributed by atoms with Crippen molar-refractivity contribution in [3.63, 3.8) is 0 Å². The number of amides is 2. The van der Waals surface area contributed by atoms with Gasteiger partial charge in [0, 0.05) is 24.0 Å². The molecule has 1 atom stereocenters. The maximum Gasteiger partial charge on any atom is 0.249 e. The molecule has 1 unspecified atom stereocenters. The Labute approximate surface area is 126 Å². The number of halogens is 1. The molecule has 1 aromatic rings. The lowest BCUT2D eigenvalue weighted by atomic mass is 10.0. The molecular weight excluding hydrogens is 320 g/mol. The summed E-state index contributed by atoms with van der Waals surface area (Å²) < 4.78 is 0.894. The third-order valence-corrected chi connectivity index (χ3v) is 4.74. The minimum atomic E-state index is -0.272. The van der Waals surface area contributed by atoms with Gasteiger partial charge in [-0.15, -0.1) is 0 Å². The molecule has 0 spiro atoms. The topological polar surface area (TPSA) is 40.6 Å². The molecule has 2 amide bonds. The molecule has 2 saturated heterocycles. The predicted molar refractivity (Wildman–Crippen MR) is 80.5 cm³/mol. The van der Waals surface area contributed by atoms with E-state index in [9.17, 15) is 9.59 Å². The smallest absolute Gasteiger partial charge is 0.249 e. The monoisotopic (exact) mass is 336 g/mol. The average Bonchev–Trinajstić information content (AvgIpc) is 2.59. The van der Waals surface area contributed by atoms with Crippen LogP contribution in [0.4, 0.5) is 5.69 Å². The van der Waals surface area contributed by atoms with Crippen LogP contribution >= 0.6 is 15.9 Å². The second-order valence-electron chi connectivity index (χ2n) is 5.29. The van der Waals surface area contributed by atoms with Crippen molar-refractivity contribution in [1.29, 1.82) is 0 Å². The first-order valence-corrected chi connectivity index (χ1v) is 7.83. The normalized spacial score (nSPS) is 23.6. The van der Waals surface area contributed by atoms with E-state index in [2.05, 4.69) is 15.9 Å². The molecule has 0 aliphatic carbocycles. The van der Waals surface area contributed by atoms with Gasteiger partial charge in [0.15, 0.2) is 0 Å².